The van der Waals surface area contributed by atoms with Gasteiger partial charge < -0.3 is 19.9 Å². The Morgan fingerprint density at radius 1 is 1.19 bits per heavy atom. The van der Waals surface area contributed by atoms with E-state index in [9.17, 15) is 27.2 Å². The van der Waals surface area contributed by atoms with Gasteiger partial charge in [0.25, 0.3) is 10.0 Å². The summed E-state index contributed by atoms with van der Waals surface area (Å²) >= 11 is 1.07. The first-order chi connectivity index (χ1) is 17.1. The van der Waals surface area contributed by atoms with Crippen LogP contribution in [0.1, 0.15) is 6.92 Å². The third-order valence-electron chi connectivity index (χ3n) is 5.84. The molecular weight excluding hydrogens is 513 g/mol. The number of amides is 3. The molecule has 11 nitrogen and oxygen atoms in total. The van der Waals surface area contributed by atoms with Gasteiger partial charge >= 0.3 is 6.09 Å². The second-order valence-corrected chi connectivity index (χ2v) is 11.3. The topological polar surface area (TPSA) is 128 Å². The van der Waals surface area contributed by atoms with E-state index < -0.39 is 28.0 Å². The van der Waals surface area contributed by atoms with Crippen molar-refractivity contribution in [3.63, 3.8) is 0 Å². The molecule has 0 saturated carbocycles. The van der Waals surface area contributed by atoms with E-state index in [4.69, 9.17) is 4.74 Å². The number of thiophene rings is 1. The SMILES string of the molecule is CC(=O)NC[C@H]1CN(c2ccc(N3CCN(C(=O)CNS(=O)(=O)c4cccs4)CC3)c(F)c2)C(=O)O1. The standard InChI is InChI=1S/C22H26FN5O6S2/c1-15(29)24-12-17-14-28(22(31)34-17)16-4-5-19(18(23)11-16)26-6-8-27(9-7-26)20(30)13-25-36(32,33)21-3-2-10-35-21/h2-5,10-11,17,25H,6-9,12-14H2,1H3,(H,24,29)/t17-/m0/s1. The lowest BCUT2D eigenvalue weighted by atomic mass is 10.2. The Balaban J connectivity index is 1.30. The highest BCUT2D eigenvalue weighted by atomic mass is 32.2. The molecule has 0 radical (unpaired) electrons. The van der Waals surface area contributed by atoms with Gasteiger partial charge in [0.2, 0.25) is 11.8 Å². The summed E-state index contributed by atoms with van der Waals surface area (Å²) in [7, 11) is -3.73. The number of halogens is 1. The number of hydrogen-bond acceptors (Lipinski definition) is 8. The van der Waals surface area contributed by atoms with E-state index in [1.54, 1.807) is 28.5 Å². The molecule has 2 aromatic rings. The van der Waals surface area contributed by atoms with Crippen LogP contribution in [0.3, 0.4) is 0 Å². The number of cyclic esters (lactones) is 1. The maximum atomic E-state index is 15.0. The van der Waals surface area contributed by atoms with Gasteiger partial charge in [-0.05, 0) is 29.6 Å². The van der Waals surface area contributed by atoms with Crippen molar-refractivity contribution in [2.24, 2.45) is 0 Å². The largest absolute Gasteiger partial charge is 0.442 e. The van der Waals surface area contributed by atoms with Crippen molar-refractivity contribution in [3.05, 3.63) is 41.5 Å². The van der Waals surface area contributed by atoms with Crippen molar-refractivity contribution < 1.29 is 31.9 Å². The Bertz CT molecular complexity index is 1230. The number of rotatable bonds is 8. The van der Waals surface area contributed by atoms with Crippen LogP contribution in [0.4, 0.5) is 20.6 Å². The number of benzene rings is 1. The molecule has 0 unspecified atom stereocenters. The number of nitrogens with one attached hydrogen (secondary N) is 2. The molecule has 1 aromatic heterocycles. The number of piperazine rings is 1. The molecule has 0 aliphatic carbocycles. The molecule has 194 valence electrons. The number of carbonyl (C=O) groups excluding carboxylic acids is 3. The van der Waals surface area contributed by atoms with E-state index in [1.807, 2.05) is 0 Å². The fourth-order valence-corrected chi connectivity index (χ4v) is 5.98. The van der Waals surface area contributed by atoms with Crippen molar-refractivity contribution in [1.82, 2.24) is 14.9 Å². The van der Waals surface area contributed by atoms with Crippen LogP contribution in [-0.2, 0) is 24.3 Å². The summed E-state index contributed by atoms with van der Waals surface area (Å²) in [6.07, 6.45) is -1.14. The minimum atomic E-state index is -3.73. The van der Waals surface area contributed by atoms with E-state index in [1.165, 1.54) is 28.9 Å². The molecule has 36 heavy (non-hydrogen) atoms. The molecule has 14 heteroatoms. The van der Waals surface area contributed by atoms with Gasteiger partial charge in [0, 0.05) is 33.1 Å². The summed E-state index contributed by atoms with van der Waals surface area (Å²) in [6.45, 7) is 2.73. The van der Waals surface area contributed by atoms with E-state index in [-0.39, 0.29) is 35.7 Å². The van der Waals surface area contributed by atoms with Crippen LogP contribution in [0.15, 0.2) is 39.9 Å². The zero-order valence-corrected chi connectivity index (χ0v) is 21.1. The van der Waals surface area contributed by atoms with Crippen LogP contribution < -0.4 is 19.8 Å². The molecule has 1 aromatic carbocycles. The van der Waals surface area contributed by atoms with Crippen molar-refractivity contribution in [1.29, 1.82) is 0 Å². The molecule has 2 aliphatic rings. The predicted octanol–water partition coefficient (Wildman–Crippen LogP) is 0.976. The van der Waals surface area contributed by atoms with Crippen LogP contribution in [0, 0.1) is 5.82 Å². The summed E-state index contributed by atoms with van der Waals surface area (Å²) in [5, 5.41) is 4.23. The van der Waals surface area contributed by atoms with Crippen LogP contribution in [0.5, 0.6) is 0 Å². The van der Waals surface area contributed by atoms with Crippen molar-refractivity contribution in [3.8, 4) is 0 Å². The first-order valence-corrected chi connectivity index (χ1v) is 13.6. The number of ether oxygens (including phenoxy) is 1. The number of carbonyl (C=O) groups is 3. The average Bonchev–Trinajstić information content (AvgIpc) is 3.52. The molecule has 1 atom stereocenters. The highest BCUT2D eigenvalue weighted by Gasteiger charge is 2.33. The fourth-order valence-electron chi connectivity index (χ4n) is 3.97. The van der Waals surface area contributed by atoms with Gasteiger partial charge in [-0.3, -0.25) is 14.5 Å². The highest BCUT2D eigenvalue weighted by Crippen LogP contribution is 2.28. The number of nitrogens with zero attached hydrogens (tertiary/aromatic N) is 3. The molecular formula is C22H26FN5O6S2. The Kier molecular flexibility index (Phi) is 7.76. The lowest BCUT2D eigenvalue weighted by molar-refractivity contribution is -0.130. The Labute approximate surface area is 211 Å². The summed E-state index contributed by atoms with van der Waals surface area (Å²) < 4.78 is 47.1. The molecule has 3 amide bonds. The molecule has 0 bridgehead atoms. The van der Waals surface area contributed by atoms with Gasteiger partial charge in [0.05, 0.1) is 31.0 Å². The van der Waals surface area contributed by atoms with Crippen LogP contribution in [-0.4, -0.2) is 83.1 Å². The second-order valence-electron chi connectivity index (χ2n) is 8.31. The van der Waals surface area contributed by atoms with E-state index in [2.05, 4.69) is 10.0 Å². The Hall–Kier alpha value is -3.23. The van der Waals surface area contributed by atoms with Crippen LogP contribution in [0.2, 0.25) is 0 Å². The van der Waals surface area contributed by atoms with Gasteiger partial charge in [0.1, 0.15) is 16.1 Å². The molecule has 3 heterocycles. The van der Waals surface area contributed by atoms with Gasteiger partial charge in [-0.25, -0.2) is 22.3 Å². The third kappa shape index (κ3) is 5.94. The minimum Gasteiger partial charge on any atom is -0.442 e. The normalized spacial score (nSPS) is 18.3. The van der Waals surface area contributed by atoms with E-state index in [0.29, 0.717) is 37.6 Å². The summed E-state index contributed by atoms with van der Waals surface area (Å²) in [5.74, 6) is -1.11. The Morgan fingerprint density at radius 3 is 2.58 bits per heavy atom. The van der Waals surface area contributed by atoms with Gasteiger partial charge in [-0.1, -0.05) is 6.07 Å². The van der Waals surface area contributed by atoms with Crippen LogP contribution in [0.25, 0.3) is 0 Å². The summed E-state index contributed by atoms with van der Waals surface area (Å²) in [6, 6.07) is 7.54. The molecule has 2 N–H and O–H groups in total. The average molecular weight is 540 g/mol. The molecule has 2 fully saturated rings. The molecule has 2 aliphatic heterocycles. The predicted molar refractivity (Wildman–Crippen MR) is 131 cm³/mol. The van der Waals surface area contributed by atoms with E-state index in [0.717, 1.165) is 11.3 Å². The summed E-state index contributed by atoms with van der Waals surface area (Å²) in [4.78, 5) is 40.4. The van der Waals surface area contributed by atoms with Gasteiger partial charge in [-0.2, -0.15) is 0 Å². The molecule has 2 saturated heterocycles. The Morgan fingerprint density at radius 2 is 1.94 bits per heavy atom. The quantitative estimate of drug-likeness (QED) is 0.512. The number of hydrogen-bond donors (Lipinski definition) is 2. The van der Waals surface area contributed by atoms with Gasteiger partial charge in [-0.15, -0.1) is 11.3 Å². The first-order valence-electron chi connectivity index (χ1n) is 11.2. The zero-order chi connectivity index (χ0) is 25.9. The van der Waals surface area contributed by atoms with Crippen molar-refractivity contribution >= 4 is 50.6 Å². The van der Waals surface area contributed by atoms with Crippen LogP contribution >= 0.6 is 11.3 Å². The lowest BCUT2D eigenvalue weighted by Crippen LogP contribution is -2.51. The van der Waals surface area contributed by atoms with Gasteiger partial charge in [0.15, 0.2) is 0 Å². The maximum Gasteiger partial charge on any atom is 0.414 e. The third-order valence-corrected chi connectivity index (χ3v) is 8.64. The monoisotopic (exact) mass is 539 g/mol. The first kappa shape index (κ1) is 25.9. The summed E-state index contributed by atoms with van der Waals surface area (Å²) in [5.41, 5.74) is 0.685. The number of anilines is 2. The fraction of sp³-hybridized carbons (Fsp3) is 0.409. The second kappa shape index (κ2) is 10.8. The van der Waals surface area contributed by atoms with Crippen molar-refractivity contribution in [2.45, 2.75) is 17.2 Å². The zero-order valence-electron chi connectivity index (χ0n) is 19.5. The van der Waals surface area contributed by atoms with Crippen molar-refractivity contribution in [2.75, 3.05) is 55.6 Å². The highest BCUT2D eigenvalue weighted by molar-refractivity contribution is 7.91. The minimum absolute atomic E-state index is 0.143. The number of sulfonamides is 1. The lowest BCUT2D eigenvalue weighted by Gasteiger charge is -2.36. The smallest absolute Gasteiger partial charge is 0.414 e. The van der Waals surface area contributed by atoms with E-state index >= 15 is 0 Å². The maximum absolute atomic E-state index is 15.0. The molecule has 0 spiro atoms. The molecule has 4 rings (SSSR count).